The van der Waals surface area contributed by atoms with Crippen molar-refractivity contribution in [3.63, 3.8) is 0 Å². The Labute approximate surface area is 158 Å². The highest BCUT2D eigenvalue weighted by Crippen LogP contribution is 2.59. The predicted octanol–water partition coefficient (Wildman–Crippen LogP) is 1.61. The number of esters is 1. The lowest BCUT2D eigenvalue weighted by Gasteiger charge is -2.58. The Morgan fingerprint density at radius 2 is 2.19 bits per heavy atom. The van der Waals surface area contributed by atoms with Crippen molar-refractivity contribution in [3.05, 3.63) is 29.8 Å². The molecular formula is C21H26N2O4. The summed E-state index contributed by atoms with van der Waals surface area (Å²) in [6.45, 7) is 3.38. The first-order valence-corrected chi connectivity index (χ1v) is 9.84. The van der Waals surface area contributed by atoms with Crippen molar-refractivity contribution < 1.29 is 19.7 Å². The second-order valence-corrected chi connectivity index (χ2v) is 8.70. The molecule has 4 fully saturated rings. The fraction of sp³-hybridized carbons (Fsp3) is 0.619. The molecular weight excluding hydrogens is 344 g/mol. The van der Waals surface area contributed by atoms with E-state index in [1.54, 1.807) is 6.92 Å². The lowest BCUT2D eigenvalue weighted by atomic mass is 9.54. The van der Waals surface area contributed by atoms with Crippen LogP contribution in [0.4, 0.5) is 5.69 Å². The topological polar surface area (TPSA) is 82.4 Å². The van der Waals surface area contributed by atoms with Crippen LogP contribution in [0.2, 0.25) is 0 Å². The van der Waals surface area contributed by atoms with E-state index in [-0.39, 0.29) is 23.8 Å². The molecule has 0 aromatic heterocycles. The van der Waals surface area contributed by atoms with E-state index in [4.69, 9.17) is 9.73 Å². The second-order valence-electron chi connectivity index (χ2n) is 8.70. The fourth-order valence-corrected chi connectivity index (χ4v) is 6.40. The first kappa shape index (κ1) is 17.3. The molecule has 0 radical (unpaired) electrons. The number of fused-ring (bicyclic) bond motifs is 4. The summed E-state index contributed by atoms with van der Waals surface area (Å²) >= 11 is 0. The molecule has 4 bridgehead atoms. The summed E-state index contributed by atoms with van der Waals surface area (Å²) < 4.78 is 5.32. The maximum atomic E-state index is 13.3. The number of benzene rings is 1. The van der Waals surface area contributed by atoms with Gasteiger partial charge in [-0.3, -0.25) is 14.7 Å². The molecule has 4 aliphatic heterocycles. The summed E-state index contributed by atoms with van der Waals surface area (Å²) in [5.74, 6) is -0.0905. The van der Waals surface area contributed by atoms with Crippen LogP contribution in [-0.4, -0.2) is 59.1 Å². The average Bonchev–Trinajstić information content (AvgIpc) is 2.95. The number of nitrogens with zero attached hydrogens (tertiary/aromatic N) is 2. The van der Waals surface area contributed by atoms with E-state index in [2.05, 4.69) is 4.90 Å². The zero-order chi connectivity index (χ0) is 19.0. The Balaban J connectivity index is 1.76. The van der Waals surface area contributed by atoms with Crippen LogP contribution < -0.4 is 0 Å². The standard InChI is InChI=1S/C21H26N2O4/c1-12(24)14-9-13-10-20(19(25)27-2)17(14)23(11-13)8-7-21(26)15-5-3-4-6-16(15)22-18(20)21/h3-6,12-14,17,24,26H,7-11H2,1-2H3/t12-,13-,14+,17-,20-,21+/m0/s1. The minimum Gasteiger partial charge on any atom is -0.468 e. The number of aliphatic imine (C=N–C) groups is 1. The smallest absolute Gasteiger partial charge is 0.319 e. The van der Waals surface area contributed by atoms with Crippen LogP contribution in [0.25, 0.3) is 0 Å². The molecule has 144 valence electrons. The number of ether oxygens (including phenoxy) is 1. The van der Waals surface area contributed by atoms with Crippen molar-refractivity contribution in [2.75, 3.05) is 20.2 Å². The molecule has 1 aliphatic carbocycles. The van der Waals surface area contributed by atoms with Crippen LogP contribution in [0.5, 0.6) is 0 Å². The van der Waals surface area contributed by atoms with Crippen molar-refractivity contribution in [3.8, 4) is 0 Å². The van der Waals surface area contributed by atoms with Gasteiger partial charge in [0, 0.05) is 30.6 Å². The van der Waals surface area contributed by atoms with E-state index in [1.807, 2.05) is 24.3 Å². The van der Waals surface area contributed by atoms with Crippen molar-refractivity contribution in [2.24, 2.45) is 22.2 Å². The molecule has 7 atom stereocenters. The quantitative estimate of drug-likeness (QED) is 0.773. The summed E-state index contributed by atoms with van der Waals surface area (Å²) in [7, 11) is 1.41. The first-order chi connectivity index (χ1) is 12.9. The van der Waals surface area contributed by atoms with Crippen LogP contribution in [0.15, 0.2) is 29.3 Å². The predicted molar refractivity (Wildman–Crippen MR) is 99.8 cm³/mol. The third kappa shape index (κ3) is 2.06. The molecule has 2 N–H and O–H groups in total. The van der Waals surface area contributed by atoms with E-state index in [9.17, 15) is 15.0 Å². The molecule has 27 heavy (non-hydrogen) atoms. The van der Waals surface area contributed by atoms with E-state index >= 15 is 0 Å². The van der Waals surface area contributed by atoms with Crippen LogP contribution in [-0.2, 0) is 15.1 Å². The zero-order valence-electron chi connectivity index (χ0n) is 15.8. The number of aliphatic hydroxyl groups excluding tert-OH is 1. The number of methoxy groups -OCH3 is 1. The number of carbonyl (C=O) groups is 1. The van der Waals surface area contributed by atoms with Crippen molar-refractivity contribution in [2.45, 2.75) is 43.9 Å². The molecule has 1 aromatic carbocycles. The molecule has 5 aliphatic rings. The highest BCUT2D eigenvalue weighted by molar-refractivity contribution is 6.15. The number of aliphatic hydroxyl groups is 2. The van der Waals surface area contributed by atoms with Crippen LogP contribution in [0, 0.1) is 17.3 Å². The van der Waals surface area contributed by atoms with Gasteiger partial charge in [0.25, 0.3) is 0 Å². The Morgan fingerprint density at radius 3 is 2.93 bits per heavy atom. The minimum atomic E-state index is -1.26. The Hall–Kier alpha value is -1.76. The summed E-state index contributed by atoms with van der Waals surface area (Å²) in [5, 5.41) is 22.3. The number of carbonyl (C=O) groups excluding carboxylic acids is 1. The van der Waals surface area contributed by atoms with Crippen LogP contribution >= 0.6 is 0 Å². The van der Waals surface area contributed by atoms with Gasteiger partial charge in [-0.05, 0) is 38.2 Å². The van der Waals surface area contributed by atoms with Crippen LogP contribution in [0.3, 0.4) is 0 Å². The lowest BCUT2D eigenvalue weighted by Crippen LogP contribution is -2.69. The van der Waals surface area contributed by atoms with E-state index < -0.39 is 17.1 Å². The fourth-order valence-electron chi connectivity index (χ4n) is 6.40. The first-order valence-electron chi connectivity index (χ1n) is 9.84. The van der Waals surface area contributed by atoms with Crippen molar-refractivity contribution >= 4 is 17.4 Å². The Morgan fingerprint density at radius 1 is 1.41 bits per heavy atom. The number of hydrogen-bond donors (Lipinski definition) is 2. The molecule has 1 aromatic rings. The Bertz CT molecular complexity index is 837. The van der Waals surface area contributed by atoms with Crippen LogP contribution in [0.1, 0.15) is 31.7 Å². The second kappa shape index (κ2) is 5.63. The van der Waals surface area contributed by atoms with E-state index in [1.165, 1.54) is 7.11 Å². The number of piperidine rings is 2. The summed E-state index contributed by atoms with van der Waals surface area (Å²) in [6.07, 6.45) is 1.49. The minimum absolute atomic E-state index is 0.0367. The van der Waals surface area contributed by atoms with Gasteiger partial charge in [-0.1, -0.05) is 18.2 Å². The molecule has 3 saturated heterocycles. The number of para-hydroxylation sites is 1. The van der Waals surface area contributed by atoms with Gasteiger partial charge in [0.2, 0.25) is 0 Å². The number of hydrogen-bond acceptors (Lipinski definition) is 6. The highest BCUT2D eigenvalue weighted by Gasteiger charge is 2.69. The Kier molecular flexibility index (Phi) is 3.61. The third-order valence-electron chi connectivity index (χ3n) is 7.34. The van der Waals surface area contributed by atoms with Gasteiger partial charge in [0.15, 0.2) is 0 Å². The van der Waals surface area contributed by atoms with Gasteiger partial charge in [0.1, 0.15) is 11.0 Å². The molecule has 0 amide bonds. The molecule has 0 spiro atoms. The normalized spacial score (nSPS) is 42.6. The zero-order valence-corrected chi connectivity index (χ0v) is 15.8. The van der Waals surface area contributed by atoms with E-state index in [0.29, 0.717) is 25.1 Å². The highest BCUT2D eigenvalue weighted by atomic mass is 16.5. The third-order valence-corrected chi connectivity index (χ3v) is 7.34. The molecule has 6 heteroatoms. The van der Waals surface area contributed by atoms with Gasteiger partial charge < -0.3 is 14.9 Å². The van der Waals surface area contributed by atoms with Gasteiger partial charge in [-0.25, -0.2) is 0 Å². The largest absolute Gasteiger partial charge is 0.468 e. The number of rotatable bonds is 2. The lowest BCUT2D eigenvalue weighted by molar-refractivity contribution is -0.168. The molecule has 4 heterocycles. The van der Waals surface area contributed by atoms with Gasteiger partial charge in [-0.15, -0.1) is 0 Å². The maximum Gasteiger partial charge on any atom is 0.319 e. The van der Waals surface area contributed by atoms with E-state index in [0.717, 1.165) is 24.2 Å². The SMILES string of the molecule is COC(=O)[C@@]12C[C@@H]3C[C@H]([C@H](C)O)[C@@H]1N(CC[C@]1(O)C2=Nc2ccccc21)C3. The molecule has 6 nitrogen and oxygen atoms in total. The average molecular weight is 370 g/mol. The molecule has 1 saturated carbocycles. The van der Waals surface area contributed by atoms with Crippen molar-refractivity contribution in [1.82, 2.24) is 4.90 Å². The van der Waals surface area contributed by atoms with Gasteiger partial charge in [-0.2, -0.15) is 0 Å². The summed E-state index contributed by atoms with van der Waals surface area (Å²) in [4.78, 5) is 20.5. The van der Waals surface area contributed by atoms with Gasteiger partial charge >= 0.3 is 5.97 Å². The summed E-state index contributed by atoms with van der Waals surface area (Å²) in [6, 6.07) is 7.41. The maximum absolute atomic E-state index is 13.3. The molecule has 1 unspecified atom stereocenters. The van der Waals surface area contributed by atoms with Gasteiger partial charge in [0.05, 0.1) is 24.6 Å². The summed E-state index contributed by atoms with van der Waals surface area (Å²) in [5.41, 5.74) is -0.219. The van der Waals surface area contributed by atoms with Crippen molar-refractivity contribution in [1.29, 1.82) is 0 Å². The monoisotopic (exact) mass is 370 g/mol. The molecule has 6 rings (SSSR count).